The number of amides is 1. The number of rotatable bonds is 3. The Morgan fingerprint density at radius 1 is 1.14 bits per heavy atom. The highest BCUT2D eigenvalue weighted by Crippen LogP contribution is 2.30. The molecule has 1 fully saturated rings. The number of anilines is 1. The van der Waals surface area contributed by atoms with Crippen LogP contribution < -0.4 is 11.1 Å². The second-order valence-electron chi connectivity index (χ2n) is 6.00. The fourth-order valence-electron chi connectivity index (χ4n) is 3.08. The Balaban J connectivity index is 1.72. The summed E-state index contributed by atoms with van der Waals surface area (Å²) in [6.45, 7) is 0. The Kier molecular flexibility index (Phi) is 4.00. The van der Waals surface area contributed by atoms with Gasteiger partial charge in [0.2, 0.25) is 5.91 Å². The van der Waals surface area contributed by atoms with E-state index < -0.39 is 0 Å². The van der Waals surface area contributed by atoms with Crippen LogP contribution in [0.5, 0.6) is 0 Å². The van der Waals surface area contributed by atoms with Gasteiger partial charge in [0.05, 0.1) is 0 Å². The second-order valence-corrected chi connectivity index (χ2v) is 6.92. The number of carbonyl (C=O) groups is 1. The Morgan fingerprint density at radius 2 is 1.81 bits per heavy atom. The normalized spacial score (nSPS) is 17.0. The fraction of sp³-hybridized carbons (Fsp3) is 0.353. The number of halogens is 1. The Labute approximate surface area is 133 Å². The van der Waals surface area contributed by atoms with E-state index in [9.17, 15) is 4.79 Å². The average molecular weight is 347 g/mol. The number of benzene rings is 2. The first-order chi connectivity index (χ1) is 10.0. The van der Waals surface area contributed by atoms with Gasteiger partial charge in [-0.1, -0.05) is 40.9 Å². The summed E-state index contributed by atoms with van der Waals surface area (Å²) >= 11 is 3.46. The minimum atomic E-state index is -0.300. The smallest absolute Gasteiger partial charge is 0.226 e. The van der Waals surface area contributed by atoms with Gasteiger partial charge in [-0.05, 0) is 47.9 Å². The molecule has 0 radical (unpaired) electrons. The highest BCUT2D eigenvalue weighted by molar-refractivity contribution is 9.10. The standard InChI is InChI=1S/C17H19BrN2O/c18-14-5-3-13-10-15(6-4-12(13)9-14)20-16(21)11-17(19)7-1-2-8-17/h3-6,9-10H,1-2,7-8,11,19H2,(H,20,21). The third-order valence-electron chi connectivity index (χ3n) is 4.20. The van der Waals surface area contributed by atoms with Gasteiger partial charge in [-0.2, -0.15) is 0 Å². The van der Waals surface area contributed by atoms with Crippen LogP contribution in [0.4, 0.5) is 5.69 Å². The number of fused-ring (bicyclic) bond motifs is 1. The van der Waals surface area contributed by atoms with Crippen molar-refractivity contribution in [3.8, 4) is 0 Å². The van der Waals surface area contributed by atoms with Crippen LogP contribution in [0.3, 0.4) is 0 Å². The van der Waals surface area contributed by atoms with Gasteiger partial charge in [-0.15, -0.1) is 0 Å². The van der Waals surface area contributed by atoms with Crippen molar-refractivity contribution in [2.24, 2.45) is 5.73 Å². The molecule has 0 unspecified atom stereocenters. The van der Waals surface area contributed by atoms with E-state index in [1.807, 2.05) is 30.3 Å². The Hall–Kier alpha value is -1.39. The fourth-order valence-corrected chi connectivity index (χ4v) is 3.45. The van der Waals surface area contributed by atoms with Crippen molar-refractivity contribution in [1.29, 1.82) is 0 Å². The molecule has 0 atom stereocenters. The first-order valence-corrected chi connectivity index (χ1v) is 8.12. The predicted octanol–water partition coefficient (Wildman–Crippen LogP) is 4.20. The van der Waals surface area contributed by atoms with Crippen LogP contribution in [0.15, 0.2) is 40.9 Å². The largest absolute Gasteiger partial charge is 0.326 e. The van der Waals surface area contributed by atoms with E-state index in [0.29, 0.717) is 6.42 Å². The second kappa shape index (κ2) is 5.78. The van der Waals surface area contributed by atoms with Crippen LogP contribution in [-0.4, -0.2) is 11.4 Å². The van der Waals surface area contributed by atoms with Gasteiger partial charge >= 0.3 is 0 Å². The van der Waals surface area contributed by atoms with Crippen LogP contribution >= 0.6 is 15.9 Å². The molecule has 3 N–H and O–H groups in total. The minimum Gasteiger partial charge on any atom is -0.326 e. The third kappa shape index (κ3) is 3.44. The van der Waals surface area contributed by atoms with Gasteiger partial charge in [0.1, 0.15) is 0 Å². The van der Waals surface area contributed by atoms with E-state index in [-0.39, 0.29) is 11.4 Å². The van der Waals surface area contributed by atoms with E-state index in [1.165, 1.54) is 0 Å². The summed E-state index contributed by atoms with van der Waals surface area (Å²) < 4.78 is 1.05. The quantitative estimate of drug-likeness (QED) is 0.874. The van der Waals surface area contributed by atoms with E-state index in [0.717, 1.165) is 46.6 Å². The zero-order valence-corrected chi connectivity index (χ0v) is 13.4. The summed E-state index contributed by atoms with van der Waals surface area (Å²) in [6, 6.07) is 12.1. The number of carbonyl (C=O) groups excluding carboxylic acids is 1. The molecule has 1 aliphatic carbocycles. The van der Waals surface area contributed by atoms with E-state index in [1.54, 1.807) is 0 Å². The average Bonchev–Trinajstić information content (AvgIpc) is 2.85. The maximum atomic E-state index is 12.2. The number of nitrogens with one attached hydrogen (secondary N) is 1. The molecule has 21 heavy (non-hydrogen) atoms. The van der Waals surface area contributed by atoms with E-state index >= 15 is 0 Å². The van der Waals surface area contributed by atoms with Crippen LogP contribution in [-0.2, 0) is 4.79 Å². The molecule has 1 saturated carbocycles. The summed E-state index contributed by atoms with van der Waals surface area (Å²) in [5.41, 5.74) is 6.78. The van der Waals surface area contributed by atoms with Crippen LogP contribution in [0.1, 0.15) is 32.1 Å². The predicted molar refractivity (Wildman–Crippen MR) is 90.3 cm³/mol. The van der Waals surface area contributed by atoms with Crippen molar-refractivity contribution in [3.05, 3.63) is 40.9 Å². The van der Waals surface area contributed by atoms with Gasteiger partial charge < -0.3 is 11.1 Å². The molecule has 1 amide bonds. The van der Waals surface area contributed by atoms with Crippen LogP contribution in [0.2, 0.25) is 0 Å². The van der Waals surface area contributed by atoms with Gasteiger partial charge in [-0.25, -0.2) is 0 Å². The molecule has 0 bridgehead atoms. The molecular formula is C17H19BrN2O. The van der Waals surface area contributed by atoms with Gasteiger partial charge in [0.15, 0.2) is 0 Å². The lowest BCUT2D eigenvalue weighted by atomic mass is 9.94. The summed E-state index contributed by atoms with van der Waals surface area (Å²) in [5.74, 6) is 0.0101. The van der Waals surface area contributed by atoms with Crippen molar-refractivity contribution in [2.75, 3.05) is 5.32 Å². The molecule has 3 nitrogen and oxygen atoms in total. The summed E-state index contributed by atoms with van der Waals surface area (Å²) in [7, 11) is 0. The molecule has 2 aromatic carbocycles. The molecule has 0 aliphatic heterocycles. The topological polar surface area (TPSA) is 55.1 Å². The Morgan fingerprint density at radius 3 is 2.57 bits per heavy atom. The third-order valence-corrected chi connectivity index (χ3v) is 4.69. The van der Waals surface area contributed by atoms with Gasteiger partial charge in [0, 0.05) is 22.1 Å². The maximum absolute atomic E-state index is 12.2. The minimum absolute atomic E-state index is 0.0101. The first kappa shape index (κ1) is 14.5. The molecule has 0 saturated heterocycles. The Bertz CT molecular complexity index is 678. The van der Waals surface area contributed by atoms with Crippen molar-refractivity contribution in [1.82, 2.24) is 0 Å². The van der Waals surface area contributed by atoms with Crippen molar-refractivity contribution >= 4 is 38.3 Å². The van der Waals surface area contributed by atoms with Gasteiger partial charge in [-0.3, -0.25) is 4.79 Å². The molecule has 0 heterocycles. The van der Waals surface area contributed by atoms with Crippen molar-refractivity contribution in [2.45, 2.75) is 37.6 Å². The van der Waals surface area contributed by atoms with E-state index in [2.05, 4.69) is 27.3 Å². The number of hydrogen-bond acceptors (Lipinski definition) is 2. The maximum Gasteiger partial charge on any atom is 0.226 e. The molecule has 3 rings (SSSR count). The molecule has 0 aromatic heterocycles. The summed E-state index contributed by atoms with van der Waals surface area (Å²) in [4.78, 5) is 12.2. The monoisotopic (exact) mass is 346 g/mol. The van der Waals surface area contributed by atoms with E-state index in [4.69, 9.17) is 5.73 Å². The highest BCUT2D eigenvalue weighted by atomic mass is 79.9. The zero-order valence-electron chi connectivity index (χ0n) is 11.9. The van der Waals surface area contributed by atoms with Gasteiger partial charge in [0.25, 0.3) is 0 Å². The highest BCUT2D eigenvalue weighted by Gasteiger charge is 2.31. The molecule has 110 valence electrons. The molecule has 2 aromatic rings. The number of nitrogens with two attached hydrogens (primary N) is 1. The summed E-state index contributed by atoms with van der Waals surface area (Å²) in [5, 5.41) is 5.23. The molecule has 4 heteroatoms. The lowest BCUT2D eigenvalue weighted by Gasteiger charge is -2.22. The molecule has 1 aliphatic rings. The van der Waals surface area contributed by atoms with Crippen LogP contribution in [0.25, 0.3) is 10.8 Å². The van der Waals surface area contributed by atoms with Crippen molar-refractivity contribution in [3.63, 3.8) is 0 Å². The lowest BCUT2D eigenvalue weighted by molar-refractivity contribution is -0.117. The lowest BCUT2D eigenvalue weighted by Crippen LogP contribution is -2.40. The molecular weight excluding hydrogens is 328 g/mol. The first-order valence-electron chi connectivity index (χ1n) is 7.32. The SMILES string of the molecule is NC1(CC(=O)Nc2ccc3cc(Br)ccc3c2)CCCC1. The van der Waals surface area contributed by atoms with Crippen molar-refractivity contribution < 1.29 is 4.79 Å². The number of hydrogen-bond donors (Lipinski definition) is 2. The summed E-state index contributed by atoms with van der Waals surface area (Å²) in [6.07, 6.45) is 4.58. The zero-order chi connectivity index (χ0) is 14.9. The van der Waals surface area contributed by atoms with Crippen LogP contribution in [0, 0.1) is 0 Å². The molecule has 0 spiro atoms.